The van der Waals surface area contributed by atoms with E-state index in [2.05, 4.69) is 57.0 Å². The van der Waals surface area contributed by atoms with Crippen LogP contribution < -0.4 is 10.6 Å². The number of hydrogen-bond donors (Lipinski definition) is 4. The molecule has 28 heavy (non-hydrogen) atoms. The quantitative estimate of drug-likeness (QED) is 0.439. The molecule has 2 atom stereocenters. The lowest BCUT2D eigenvalue weighted by molar-refractivity contribution is 0.614. The molecule has 2 aromatic carbocycles. The van der Waals surface area contributed by atoms with Crippen LogP contribution >= 0.6 is 0 Å². The highest BCUT2D eigenvalue weighted by atomic mass is 15.0. The molecule has 6 heteroatoms. The van der Waals surface area contributed by atoms with Crippen molar-refractivity contribution >= 4 is 22.1 Å². The molecule has 0 bridgehead atoms. The number of hydrogen-bond acceptors (Lipinski definition) is 4. The Morgan fingerprint density at radius 1 is 0.679 bits per heavy atom. The van der Waals surface area contributed by atoms with Crippen molar-refractivity contribution in [1.29, 1.82) is 0 Å². The zero-order valence-corrected chi connectivity index (χ0v) is 15.8. The third kappa shape index (κ3) is 2.72. The van der Waals surface area contributed by atoms with Crippen LogP contribution in [0.1, 0.15) is 49.4 Å². The van der Waals surface area contributed by atoms with Gasteiger partial charge in [0.1, 0.15) is 11.6 Å². The minimum absolute atomic E-state index is 0.360. The molecule has 2 fully saturated rings. The van der Waals surface area contributed by atoms with Crippen LogP contribution in [0.5, 0.6) is 0 Å². The average Bonchev–Trinajstić information content (AvgIpc) is 3.52. The highest BCUT2D eigenvalue weighted by molar-refractivity contribution is 5.86. The van der Waals surface area contributed by atoms with Crippen LogP contribution in [-0.4, -0.2) is 33.0 Å². The summed E-state index contributed by atoms with van der Waals surface area (Å²) in [4.78, 5) is 16.7. The molecule has 0 radical (unpaired) electrons. The van der Waals surface area contributed by atoms with Gasteiger partial charge in [-0.15, -0.1) is 0 Å². The molecule has 2 aromatic heterocycles. The molecule has 2 aliphatic heterocycles. The van der Waals surface area contributed by atoms with Gasteiger partial charge in [-0.25, -0.2) is 9.97 Å². The summed E-state index contributed by atoms with van der Waals surface area (Å²) in [5.41, 5.74) is 6.61. The molecule has 6 nitrogen and oxygen atoms in total. The lowest BCUT2D eigenvalue weighted by Gasteiger charge is -2.04. The first kappa shape index (κ1) is 16.3. The summed E-state index contributed by atoms with van der Waals surface area (Å²) in [5.74, 6) is 2.11. The maximum atomic E-state index is 4.85. The first-order chi connectivity index (χ1) is 13.8. The van der Waals surface area contributed by atoms with Gasteiger partial charge in [-0.1, -0.05) is 12.1 Å². The van der Waals surface area contributed by atoms with Crippen molar-refractivity contribution in [2.45, 2.75) is 37.8 Å². The Hall–Kier alpha value is -2.70. The Labute approximate surface area is 163 Å². The number of aromatic nitrogens is 4. The lowest BCUT2D eigenvalue weighted by Crippen LogP contribution is -2.13. The Balaban J connectivity index is 1.35. The van der Waals surface area contributed by atoms with Crippen LogP contribution in [-0.2, 0) is 0 Å². The fraction of sp³-hybridized carbons (Fsp3) is 0.364. The van der Waals surface area contributed by atoms with Gasteiger partial charge in [0.25, 0.3) is 0 Å². The van der Waals surface area contributed by atoms with Gasteiger partial charge in [-0.05, 0) is 74.2 Å². The second kappa shape index (κ2) is 6.43. The Bertz CT molecular complexity index is 1050. The summed E-state index contributed by atoms with van der Waals surface area (Å²) in [6.45, 7) is 2.16. The number of nitrogens with zero attached hydrogens (tertiary/aromatic N) is 2. The molecular weight excluding hydrogens is 348 g/mol. The summed E-state index contributed by atoms with van der Waals surface area (Å²) in [6.07, 6.45) is 4.74. The minimum Gasteiger partial charge on any atom is -0.341 e. The van der Waals surface area contributed by atoms with E-state index in [0.717, 1.165) is 59.6 Å². The van der Waals surface area contributed by atoms with Crippen molar-refractivity contribution in [3.05, 3.63) is 48.0 Å². The normalized spacial score (nSPS) is 22.6. The minimum atomic E-state index is 0.360. The number of benzene rings is 2. The molecule has 4 aromatic rings. The fourth-order valence-corrected chi connectivity index (χ4v) is 4.58. The smallest absolute Gasteiger partial charge is 0.124 e. The number of H-pyrrole nitrogens is 2. The van der Waals surface area contributed by atoms with Gasteiger partial charge < -0.3 is 20.6 Å². The van der Waals surface area contributed by atoms with Crippen LogP contribution in [0.25, 0.3) is 33.2 Å². The van der Waals surface area contributed by atoms with Crippen LogP contribution in [0.2, 0.25) is 0 Å². The summed E-state index contributed by atoms with van der Waals surface area (Å²) in [5, 5.41) is 7.03. The van der Waals surface area contributed by atoms with E-state index in [-0.39, 0.29) is 0 Å². The van der Waals surface area contributed by atoms with Crippen molar-refractivity contribution in [1.82, 2.24) is 30.6 Å². The predicted molar refractivity (Wildman–Crippen MR) is 111 cm³/mol. The standard InChI is InChI=1S/C22H24N6/c1-3-17(23-9-1)21-25-15-7-5-13(11-19(15)27-21)14-6-8-16-20(12-14)28-22(26-16)18-4-2-10-24-18/h5-8,11-12,17-18,23-24H,1-4,9-10H2,(H,25,27)(H,26,28)/t17-,18-/m0/s1. The Kier molecular flexibility index (Phi) is 3.74. The molecule has 2 saturated heterocycles. The Morgan fingerprint density at radius 2 is 1.18 bits per heavy atom. The van der Waals surface area contributed by atoms with Crippen molar-refractivity contribution in [2.24, 2.45) is 0 Å². The second-order valence-corrected chi connectivity index (χ2v) is 8.01. The third-order valence-electron chi connectivity index (χ3n) is 6.12. The van der Waals surface area contributed by atoms with Gasteiger partial charge in [-0.3, -0.25) is 0 Å². The SMILES string of the molecule is c1cc2[nH]c([C@@H]3CCCN3)nc2cc1-c1ccc2[nH]c([C@@H]3CCCN3)nc2c1. The van der Waals surface area contributed by atoms with Gasteiger partial charge in [0, 0.05) is 0 Å². The maximum absolute atomic E-state index is 4.85. The Morgan fingerprint density at radius 3 is 1.61 bits per heavy atom. The van der Waals surface area contributed by atoms with E-state index in [9.17, 15) is 0 Å². The topological polar surface area (TPSA) is 81.4 Å². The molecule has 0 unspecified atom stereocenters. The highest BCUT2D eigenvalue weighted by Gasteiger charge is 2.21. The molecule has 0 aliphatic carbocycles. The van der Waals surface area contributed by atoms with E-state index in [0.29, 0.717) is 12.1 Å². The maximum Gasteiger partial charge on any atom is 0.124 e. The van der Waals surface area contributed by atoms with Crippen LogP contribution in [0.3, 0.4) is 0 Å². The average molecular weight is 372 g/mol. The van der Waals surface area contributed by atoms with Crippen molar-refractivity contribution in [3.63, 3.8) is 0 Å². The van der Waals surface area contributed by atoms with E-state index < -0.39 is 0 Å². The van der Waals surface area contributed by atoms with Crippen molar-refractivity contribution in [3.8, 4) is 11.1 Å². The van der Waals surface area contributed by atoms with E-state index in [1.165, 1.54) is 24.0 Å². The van der Waals surface area contributed by atoms with Crippen molar-refractivity contribution < 1.29 is 0 Å². The molecule has 142 valence electrons. The third-order valence-corrected chi connectivity index (χ3v) is 6.12. The first-order valence-corrected chi connectivity index (χ1v) is 10.3. The van der Waals surface area contributed by atoms with Crippen LogP contribution in [0.4, 0.5) is 0 Å². The van der Waals surface area contributed by atoms with E-state index >= 15 is 0 Å². The molecule has 4 heterocycles. The summed E-state index contributed by atoms with van der Waals surface area (Å²) in [6, 6.07) is 13.7. The van der Waals surface area contributed by atoms with E-state index in [1.54, 1.807) is 0 Å². The molecule has 4 N–H and O–H groups in total. The van der Waals surface area contributed by atoms with E-state index in [1.807, 2.05) is 0 Å². The van der Waals surface area contributed by atoms with Crippen LogP contribution in [0.15, 0.2) is 36.4 Å². The number of nitrogens with one attached hydrogen (secondary N) is 4. The number of fused-ring (bicyclic) bond motifs is 2. The van der Waals surface area contributed by atoms with Gasteiger partial charge in [0.15, 0.2) is 0 Å². The number of aromatic amines is 2. The van der Waals surface area contributed by atoms with Crippen molar-refractivity contribution in [2.75, 3.05) is 13.1 Å². The molecule has 0 spiro atoms. The van der Waals surface area contributed by atoms with Gasteiger partial charge >= 0.3 is 0 Å². The molecule has 0 saturated carbocycles. The largest absolute Gasteiger partial charge is 0.341 e. The van der Waals surface area contributed by atoms with Crippen LogP contribution in [0, 0.1) is 0 Å². The van der Waals surface area contributed by atoms with Gasteiger partial charge in [0.2, 0.25) is 0 Å². The summed E-state index contributed by atoms with van der Waals surface area (Å²) < 4.78 is 0. The number of rotatable bonds is 3. The molecular formula is C22H24N6. The molecule has 0 amide bonds. The molecule has 6 rings (SSSR count). The first-order valence-electron chi connectivity index (χ1n) is 10.3. The highest BCUT2D eigenvalue weighted by Crippen LogP contribution is 2.29. The second-order valence-electron chi connectivity index (χ2n) is 8.01. The predicted octanol–water partition coefficient (Wildman–Crippen LogP) is 3.96. The summed E-state index contributed by atoms with van der Waals surface area (Å²) >= 11 is 0. The monoisotopic (exact) mass is 372 g/mol. The zero-order valence-electron chi connectivity index (χ0n) is 15.8. The lowest BCUT2D eigenvalue weighted by atomic mass is 10.0. The fourth-order valence-electron chi connectivity index (χ4n) is 4.58. The van der Waals surface area contributed by atoms with Gasteiger partial charge in [0.05, 0.1) is 34.2 Å². The zero-order chi connectivity index (χ0) is 18.5. The van der Waals surface area contributed by atoms with E-state index in [4.69, 9.17) is 9.97 Å². The number of imidazole rings is 2. The summed E-state index contributed by atoms with van der Waals surface area (Å²) in [7, 11) is 0. The molecule has 2 aliphatic rings. The van der Waals surface area contributed by atoms with Gasteiger partial charge in [-0.2, -0.15) is 0 Å².